The molecule has 0 radical (unpaired) electrons. The zero-order chi connectivity index (χ0) is 9.10. The normalized spacial score (nSPS) is 35.8. The van der Waals surface area contributed by atoms with Gasteiger partial charge < -0.3 is 9.84 Å². The second-order valence-electron chi connectivity index (χ2n) is 4.20. The van der Waals surface area contributed by atoms with Crippen LogP contribution in [-0.2, 0) is 4.74 Å². The van der Waals surface area contributed by atoms with Crippen molar-refractivity contribution in [2.45, 2.75) is 25.3 Å². The number of aliphatic hydroxyl groups excluding tert-OH is 1. The van der Waals surface area contributed by atoms with Crippen molar-refractivity contribution in [1.82, 2.24) is 4.90 Å². The lowest BCUT2D eigenvalue weighted by Crippen LogP contribution is -2.36. The largest absolute Gasteiger partial charge is 0.395 e. The van der Waals surface area contributed by atoms with E-state index in [1.54, 1.807) is 0 Å². The number of hydrogen-bond donors (Lipinski definition) is 1. The Bertz CT molecular complexity index is 157. The molecule has 0 bridgehead atoms. The summed E-state index contributed by atoms with van der Waals surface area (Å²) in [4.78, 5) is 2.43. The molecule has 0 aromatic rings. The predicted molar refractivity (Wildman–Crippen MR) is 50.6 cm³/mol. The van der Waals surface area contributed by atoms with Gasteiger partial charge in [0.25, 0.3) is 0 Å². The molecule has 2 aliphatic rings. The van der Waals surface area contributed by atoms with Gasteiger partial charge in [0, 0.05) is 19.2 Å². The molecule has 0 aromatic carbocycles. The Labute approximate surface area is 79.7 Å². The molecular formula is C10H19NO2. The van der Waals surface area contributed by atoms with Crippen LogP contribution in [0.25, 0.3) is 0 Å². The van der Waals surface area contributed by atoms with E-state index in [0.29, 0.717) is 18.6 Å². The molecule has 3 nitrogen and oxygen atoms in total. The monoisotopic (exact) mass is 185 g/mol. The molecule has 0 aliphatic carbocycles. The molecule has 2 rings (SSSR count). The molecule has 2 heterocycles. The van der Waals surface area contributed by atoms with Crippen molar-refractivity contribution in [2.24, 2.45) is 5.92 Å². The van der Waals surface area contributed by atoms with Crippen molar-refractivity contribution in [3.8, 4) is 0 Å². The maximum Gasteiger partial charge on any atom is 0.0586 e. The van der Waals surface area contributed by atoms with E-state index in [-0.39, 0.29) is 0 Å². The van der Waals surface area contributed by atoms with Crippen LogP contribution in [0.5, 0.6) is 0 Å². The molecule has 76 valence electrons. The minimum Gasteiger partial charge on any atom is -0.395 e. The van der Waals surface area contributed by atoms with Gasteiger partial charge in [0.2, 0.25) is 0 Å². The van der Waals surface area contributed by atoms with Gasteiger partial charge in [-0.3, -0.25) is 4.90 Å². The van der Waals surface area contributed by atoms with Crippen molar-refractivity contribution in [3.05, 3.63) is 0 Å². The molecule has 0 amide bonds. The molecule has 2 aliphatic heterocycles. The van der Waals surface area contributed by atoms with Gasteiger partial charge >= 0.3 is 0 Å². The van der Waals surface area contributed by atoms with E-state index in [0.717, 1.165) is 19.8 Å². The number of hydrogen-bond acceptors (Lipinski definition) is 3. The molecule has 0 aromatic heterocycles. The minimum atomic E-state index is 0.327. The molecule has 3 heteroatoms. The quantitative estimate of drug-likeness (QED) is 0.694. The van der Waals surface area contributed by atoms with Crippen LogP contribution in [0.15, 0.2) is 0 Å². The predicted octanol–water partition coefficient (Wildman–Crippen LogP) is 0.480. The molecule has 1 unspecified atom stereocenters. The Hall–Kier alpha value is -0.120. The standard InChI is InChI=1S/C10H19NO2/c12-7-10-2-1-4-11(10)6-9-3-5-13-8-9/h9-10,12H,1-8H2/t9?,10-/m0/s1. The fraction of sp³-hybridized carbons (Fsp3) is 1.00. The zero-order valence-corrected chi connectivity index (χ0v) is 8.11. The molecule has 2 fully saturated rings. The number of ether oxygens (including phenoxy) is 1. The SMILES string of the molecule is OC[C@@H]1CCCN1CC1CCOC1. The van der Waals surface area contributed by atoms with Gasteiger partial charge in [0.05, 0.1) is 13.2 Å². The summed E-state index contributed by atoms with van der Waals surface area (Å²) in [5.74, 6) is 0.715. The molecule has 0 saturated carbocycles. The highest BCUT2D eigenvalue weighted by Gasteiger charge is 2.27. The van der Waals surface area contributed by atoms with Crippen molar-refractivity contribution >= 4 is 0 Å². The summed E-state index contributed by atoms with van der Waals surface area (Å²) in [5, 5.41) is 9.14. The van der Waals surface area contributed by atoms with Gasteiger partial charge in [0.15, 0.2) is 0 Å². The second kappa shape index (κ2) is 4.40. The van der Waals surface area contributed by atoms with E-state index in [9.17, 15) is 0 Å². The van der Waals surface area contributed by atoms with Crippen LogP contribution < -0.4 is 0 Å². The van der Waals surface area contributed by atoms with E-state index >= 15 is 0 Å². The van der Waals surface area contributed by atoms with Crippen molar-refractivity contribution in [3.63, 3.8) is 0 Å². The summed E-state index contributed by atoms with van der Waals surface area (Å²) < 4.78 is 5.35. The number of aliphatic hydroxyl groups is 1. The van der Waals surface area contributed by atoms with Crippen LogP contribution in [0.2, 0.25) is 0 Å². The summed E-state index contributed by atoms with van der Waals surface area (Å²) in [6.07, 6.45) is 3.62. The van der Waals surface area contributed by atoms with Gasteiger partial charge in [0.1, 0.15) is 0 Å². The third-order valence-electron chi connectivity index (χ3n) is 3.23. The molecular weight excluding hydrogens is 166 g/mol. The van der Waals surface area contributed by atoms with Crippen LogP contribution in [0, 0.1) is 5.92 Å². The first-order valence-electron chi connectivity index (χ1n) is 5.33. The van der Waals surface area contributed by atoms with Gasteiger partial charge in [-0.1, -0.05) is 0 Å². The van der Waals surface area contributed by atoms with Crippen molar-refractivity contribution < 1.29 is 9.84 Å². The van der Waals surface area contributed by atoms with Gasteiger partial charge in [-0.15, -0.1) is 0 Å². The fourth-order valence-electron chi connectivity index (χ4n) is 2.40. The summed E-state index contributed by atoms with van der Waals surface area (Å²) in [6.45, 7) is 4.48. The molecule has 2 atom stereocenters. The highest BCUT2D eigenvalue weighted by atomic mass is 16.5. The maximum absolute atomic E-state index is 9.14. The van der Waals surface area contributed by atoms with E-state index in [4.69, 9.17) is 9.84 Å². The Morgan fingerprint density at radius 2 is 2.31 bits per heavy atom. The van der Waals surface area contributed by atoms with E-state index < -0.39 is 0 Å². The number of nitrogens with zero attached hydrogens (tertiary/aromatic N) is 1. The molecule has 0 spiro atoms. The first-order chi connectivity index (χ1) is 6.40. The Morgan fingerprint density at radius 1 is 1.38 bits per heavy atom. The van der Waals surface area contributed by atoms with Gasteiger partial charge in [-0.2, -0.15) is 0 Å². The Kier molecular flexibility index (Phi) is 3.19. The lowest BCUT2D eigenvalue weighted by molar-refractivity contribution is 0.130. The maximum atomic E-state index is 9.14. The van der Waals surface area contributed by atoms with E-state index in [1.165, 1.54) is 25.8 Å². The van der Waals surface area contributed by atoms with Gasteiger partial charge in [-0.25, -0.2) is 0 Å². The highest BCUT2D eigenvalue weighted by Crippen LogP contribution is 2.21. The van der Waals surface area contributed by atoms with Crippen LogP contribution >= 0.6 is 0 Å². The van der Waals surface area contributed by atoms with Crippen LogP contribution in [0.1, 0.15) is 19.3 Å². The zero-order valence-electron chi connectivity index (χ0n) is 8.11. The molecule has 2 saturated heterocycles. The lowest BCUT2D eigenvalue weighted by atomic mass is 10.1. The topological polar surface area (TPSA) is 32.7 Å². The first-order valence-corrected chi connectivity index (χ1v) is 5.33. The number of likely N-dealkylation sites (tertiary alicyclic amines) is 1. The average Bonchev–Trinajstić information content (AvgIpc) is 2.76. The molecule has 1 N–H and O–H groups in total. The second-order valence-corrected chi connectivity index (χ2v) is 4.20. The summed E-state index contributed by atoms with van der Waals surface area (Å²) in [5.41, 5.74) is 0. The third kappa shape index (κ3) is 2.22. The first kappa shape index (κ1) is 9.44. The summed E-state index contributed by atoms with van der Waals surface area (Å²) in [6, 6.07) is 0.431. The highest BCUT2D eigenvalue weighted by molar-refractivity contribution is 4.81. The average molecular weight is 185 g/mol. The Balaban J connectivity index is 1.79. The van der Waals surface area contributed by atoms with E-state index in [2.05, 4.69) is 4.90 Å². The molecule has 13 heavy (non-hydrogen) atoms. The van der Waals surface area contributed by atoms with Gasteiger partial charge in [-0.05, 0) is 31.7 Å². The van der Waals surface area contributed by atoms with Crippen LogP contribution in [0.4, 0.5) is 0 Å². The Morgan fingerprint density at radius 3 is 3.00 bits per heavy atom. The minimum absolute atomic E-state index is 0.327. The summed E-state index contributed by atoms with van der Waals surface area (Å²) in [7, 11) is 0. The van der Waals surface area contributed by atoms with E-state index in [1.807, 2.05) is 0 Å². The third-order valence-corrected chi connectivity index (χ3v) is 3.23. The smallest absolute Gasteiger partial charge is 0.0586 e. The van der Waals surface area contributed by atoms with Crippen molar-refractivity contribution in [2.75, 3.05) is 32.9 Å². The summed E-state index contributed by atoms with van der Waals surface area (Å²) >= 11 is 0. The van der Waals surface area contributed by atoms with Crippen LogP contribution in [-0.4, -0.2) is 49.0 Å². The van der Waals surface area contributed by atoms with Crippen LogP contribution in [0.3, 0.4) is 0 Å². The number of rotatable bonds is 3. The fourth-order valence-corrected chi connectivity index (χ4v) is 2.40. The van der Waals surface area contributed by atoms with Crippen molar-refractivity contribution in [1.29, 1.82) is 0 Å². The lowest BCUT2D eigenvalue weighted by Gasteiger charge is -2.25.